The van der Waals surface area contributed by atoms with Gasteiger partial charge in [0.25, 0.3) is 0 Å². The molecule has 8 nitrogen and oxygen atoms in total. The summed E-state index contributed by atoms with van der Waals surface area (Å²) in [6, 6.07) is 8.10. The number of amides is 1. The lowest BCUT2D eigenvalue weighted by Crippen LogP contribution is -2.62. The summed E-state index contributed by atoms with van der Waals surface area (Å²) in [7, 11) is 4.28. The molecule has 5 fully saturated rings. The molecule has 1 unspecified atom stereocenters. The largest absolute Gasteiger partial charge is 0.394 e. The quantitative estimate of drug-likeness (QED) is 0.306. The molecular weight excluding hydrogens is 552 g/mol. The molecule has 2 bridgehead atoms. The fourth-order valence-electron chi connectivity index (χ4n) is 9.06. The zero-order valence-corrected chi connectivity index (χ0v) is 28.3. The Labute approximate surface area is 266 Å². The summed E-state index contributed by atoms with van der Waals surface area (Å²) in [4.78, 5) is 25.1. The fraction of sp³-hybridized carbons (Fsp3) is 0.806. The third-order valence-electron chi connectivity index (χ3n) is 11.9. The number of aliphatic hydroxyl groups excluding tert-OH is 2. The summed E-state index contributed by atoms with van der Waals surface area (Å²) in [5.74, 6) is 1.85. The van der Waals surface area contributed by atoms with Crippen LogP contribution in [0.2, 0.25) is 0 Å². The number of carbonyl (C=O) groups excluding carboxylic acids is 1. The van der Waals surface area contributed by atoms with E-state index in [1.165, 1.54) is 44.1 Å². The van der Waals surface area contributed by atoms with Crippen LogP contribution in [0.1, 0.15) is 83.8 Å². The zero-order valence-electron chi connectivity index (χ0n) is 28.3. The van der Waals surface area contributed by atoms with Crippen LogP contribution in [-0.4, -0.2) is 95.6 Å². The molecule has 6 rings (SSSR count). The van der Waals surface area contributed by atoms with E-state index in [-0.39, 0.29) is 18.6 Å². The van der Waals surface area contributed by atoms with E-state index in [1.54, 1.807) is 12.0 Å². The number of hydrogen-bond donors (Lipinski definition) is 3. The molecule has 4 aliphatic carbocycles. The second kappa shape index (κ2) is 14.5. The van der Waals surface area contributed by atoms with Crippen molar-refractivity contribution in [3.63, 3.8) is 0 Å². The van der Waals surface area contributed by atoms with E-state index in [9.17, 15) is 15.0 Å². The number of hydroxylamine groups is 2. The minimum atomic E-state index is -0.791. The van der Waals surface area contributed by atoms with Crippen molar-refractivity contribution < 1.29 is 19.8 Å². The lowest BCUT2D eigenvalue weighted by molar-refractivity contribution is -0.183. The summed E-state index contributed by atoms with van der Waals surface area (Å²) in [5, 5.41) is 26.1. The van der Waals surface area contributed by atoms with Gasteiger partial charge in [-0.2, -0.15) is 5.06 Å². The second-order valence-electron chi connectivity index (χ2n) is 15.6. The summed E-state index contributed by atoms with van der Waals surface area (Å²) in [5.41, 5.74) is 2.68. The van der Waals surface area contributed by atoms with Gasteiger partial charge < -0.3 is 20.4 Å². The highest BCUT2D eigenvalue weighted by molar-refractivity contribution is 5.82. The normalized spacial score (nSPS) is 33.0. The smallest absolute Gasteiger partial charge is 0.240 e. The van der Waals surface area contributed by atoms with Crippen LogP contribution in [0.25, 0.3) is 0 Å². The minimum absolute atomic E-state index is 0.0960. The van der Waals surface area contributed by atoms with Gasteiger partial charge in [-0.25, -0.2) is 0 Å². The first-order chi connectivity index (χ1) is 21.0. The highest BCUT2D eigenvalue weighted by Gasteiger charge is 2.57. The lowest BCUT2D eigenvalue weighted by atomic mass is 9.45. The topological polar surface area (TPSA) is 88.5 Å². The minimum Gasteiger partial charge on any atom is -0.394 e. The third-order valence-corrected chi connectivity index (χ3v) is 11.9. The highest BCUT2D eigenvalue weighted by Crippen LogP contribution is 2.61. The summed E-state index contributed by atoms with van der Waals surface area (Å²) in [6.45, 7) is 13.0. The number of nitrogens with one attached hydrogen (secondary N) is 1. The van der Waals surface area contributed by atoms with Crippen molar-refractivity contribution >= 4 is 5.91 Å². The molecule has 5 aliphatic rings. The van der Waals surface area contributed by atoms with E-state index in [0.29, 0.717) is 29.7 Å². The Bertz CT molecular complexity index is 1090. The first-order valence-electron chi connectivity index (χ1n) is 17.5. The first-order valence-corrected chi connectivity index (χ1v) is 17.5. The van der Waals surface area contributed by atoms with E-state index >= 15 is 0 Å². The Morgan fingerprint density at radius 1 is 1.14 bits per heavy atom. The number of benzene rings is 1. The molecule has 3 N–H and O–H groups in total. The monoisotopic (exact) mass is 612 g/mol. The van der Waals surface area contributed by atoms with Crippen molar-refractivity contribution in [2.24, 2.45) is 35.0 Å². The van der Waals surface area contributed by atoms with E-state index in [1.807, 2.05) is 0 Å². The van der Waals surface area contributed by atoms with Crippen LogP contribution >= 0.6 is 0 Å². The number of nitrogens with zero attached hydrogens (tertiary/aromatic N) is 3. The molecule has 4 saturated carbocycles. The molecule has 8 atom stereocenters. The van der Waals surface area contributed by atoms with E-state index in [2.05, 4.69) is 74.2 Å². The zero-order chi connectivity index (χ0) is 31.6. The number of hydrogen-bond acceptors (Lipinski definition) is 7. The van der Waals surface area contributed by atoms with Gasteiger partial charge in [-0.15, -0.1) is 0 Å². The number of likely N-dealkylation sites (N-methyl/N-ethyl adjacent to an activating group) is 1. The van der Waals surface area contributed by atoms with Gasteiger partial charge in [0.15, 0.2) is 0 Å². The SMILES string of the molecule is CC1[C@@H](NC(=O)[C@@H]2[C@H]([C@H](C)O)[C@H](CO)ON2Cc2cccc(CN(CCN(C)C)CC3CCCCC3)c2)C[C@H]2C[C@@H]1C2(C)C. The Balaban J connectivity index is 1.29. The molecule has 1 aliphatic heterocycles. The molecule has 0 aromatic heterocycles. The molecule has 1 aromatic carbocycles. The maximum absolute atomic E-state index is 14.0. The maximum atomic E-state index is 14.0. The number of rotatable bonds is 13. The Morgan fingerprint density at radius 2 is 1.86 bits per heavy atom. The average molecular weight is 613 g/mol. The number of aliphatic hydroxyl groups is 2. The van der Waals surface area contributed by atoms with E-state index in [4.69, 9.17) is 4.84 Å². The molecule has 1 saturated heterocycles. The Hall–Kier alpha value is -1.55. The van der Waals surface area contributed by atoms with E-state index < -0.39 is 24.2 Å². The van der Waals surface area contributed by atoms with Gasteiger partial charge in [-0.3, -0.25) is 14.5 Å². The molecule has 0 spiro atoms. The predicted molar refractivity (Wildman–Crippen MR) is 174 cm³/mol. The van der Waals surface area contributed by atoms with Crippen molar-refractivity contribution in [1.29, 1.82) is 0 Å². The van der Waals surface area contributed by atoms with Gasteiger partial charge in [-0.05, 0) is 86.9 Å². The maximum Gasteiger partial charge on any atom is 0.240 e. The van der Waals surface area contributed by atoms with Gasteiger partial charge >= 0.3 is 0 Å². The molecule has 1 amide bonds. The first kappa shape index (κ1) is 33.8. The molecule has 44 heavy (non-hydrogen) atoms. The molecular formula is C36H60N4O4. The van der Waals surface area contributed by atoms with Gasteiger partial charge in [0.05, 0.1) is 19.3 Å². The van der Waals surface area contributed by atoms with Crippen molar-refractivity contribution in [3.8, 4) is 0 Å². The van der Waals surface area contributed by atoms with Crippen LogP contribution in [0, 0.1) is 35.0 Å². The van der Waals surface area contributed by atoms with Crippen LogP contribution in [-0.2, 0) is 22.7 Å². The predicted octanol–water partition coefficient (Wildman–Crippen LogP) is 4.29. The van der Waals surface area contributed by atoms with Crippen LogP contribution in [0.4, 0.5) is 0 Å². The molecule has 1 heterocycles. The number of fused-ring (bicyclic) bond motifs is 2. The Morgan fingerprint density at radius 3 is 2.50 bits per heavy atom. The molecule has 248 valence electrons. The highest BCUT2D eigenvalue weighted by atomic mass is 16.7. The van der Waals surface area contributed by atoms with Crippen molar-refractivity contribution in [2.75, 3.05) is 40.3 Å². The van der Waals surface area contributed by atoms with Gasteiger partial charge in [0.1, 0.15) is 12.1 Å². The van der Waals surface area contributed by atoms with Crippen molar-refractivity contribution in [2.45, 2.75) is 110 Å². The van der Waals surface area contributed by atoms with Gasteiger partial charge in [0, 0.05) is 38.1 Å². The van der Waals surface area contributed by atoms with Gasteiger partial charge in [-0.1, -0.05) is 64.3 Å². The molecule has 0 radical (unpaired) electrons. The van der Waals surface area contributed by atoms with Crippen LogP contribution in [0.5, 0.6) is 0 Å². The van der Waals surface area contributed by atoms with Crippen LogP contribution < -0.4 is 5.32 Å². The second-order valence-corrected chi connectivity index (χ2v) is 15.6. The lowest BCUT2D eigenvalue weighted by Gasteiger charge is -2.62. The van der Waals surface area contributed by atoms with Crippen LogP contribution in [0.3, 0.4) is 0 Å². The van der Waals surface area contributed by atoms with Gasteiger partial charge in [0.2, 0.25) is 5.91 Å². The average Bonchev–Trinajstić information content (AvgIpc) is 3.36. The third kappa shape index (κ3) is 7.53. The summed E-state index contributed by atoms with van der Waals surface area (Å²) in [6.07, 6.45) is 7.60. The standard InChI is InChI=1S/C36H60N4O4/c1-24-30-18-29(36(30,3)4)19-31(24)37-35(43)34-33(25(2)42)32(23-41)44-40(34)22-28-14-10-13-27(17-28)21-39(16-15-38(5)6)20-26-11-8-7-9-12-26/h10,13-14,17,24-26,29-34,41-42H,7-9,11-12,15-16,18-23H2,1-6H3,(H,37,43)/t24?,25-,29+,30-,31-,32-,33+,34-/m0/s1. The molecule has 1 aromatic rings. The fourth-order valence-corrected chi connectivity index (χ4v) is 9.06. The van der Waals surface area contributed by atoms with E-state index in [0.717, 1.165) is 44.1 Å². The molecule has 8 heteroatoms. The summed E-state index contributed by atoms with van der Waals surface area (Å²) < 4.78 is 0. The summed E-state index contributed by atoms with van der Waals surface area (Å²) >= 11 is 0. The Kier molecular flexibility index (Phi) is 11.1. The van der Waals surface area contributed by atoms with Crippen molar-refractivity contribution in [3.05, 3.63) is 35.4 Å². The van der Waals surface area contributed by atoms with Crippen LogP contribution in [0.15, 0.2) is 24.3 Å². The number of carbonyl (C=O) groups is 1. The van der Waals surface area contributed by atoms with Crippen molar-refractivity contribution in [1.82, 2.24) is 20.2 Å².